The second kappa shape index (κ2) is 8.32. The van der Waals surface area contributed by atoms with Crippen LogP contribution in [0.5, 0.6) is 0 Å². The third kappa shape index (κ3) is 4.22. The fraction of sp³-hybridized carbons (Fsp3) is 0.176. The van der Waals surface area contributed by atoms with Gasteiger partial charge in [0, 0.05) is 33.4 Å². The third-order valence-electron chi connectivity index (χ3n) is 3.72. The molecule has 3 aromatic rings. The van der Waals surface area contributed by atoms with Gasteiger partial charge in [-0.3, -0.25) is 4.68 Å². The Kier molecular flexibility index (Phi) is 6.90. The largest absolute Gasteiger partial charge is 1.00 e. The Morgan fingerprint density at radius 2 is 1.88 bits per heavy atom. The van der Waals surface area contributed by atoms with Crippen molar-refractivity contribution in [3.05, 3.63) is 63.3 Å². The van der Waals surface area contributed by atoms with Crippen LogP contribution in [0.4, 0.5) is 0 Å². The number of fused-ring (bicyclic) bond motifs is 1. The normalized spacial score (nSPS) is 10.6. The summed E-state index contributed by atoms with van der Waals surface area (Å²) in [6.07, 6.45) is -0.132. The number of hydrogen-bond donors (Lipinski definition) is 0. The molecule has 0 radical (unpaired) electrons. The zero-order chi connectivity index (χ0) is 16.6. The minimum absolute atomic E-state index is 0. The van der Waals surface area contributed by atoms with Crippen LogP contribution in [-0.4, -0.2) is 15.7 Å². The fourth-order valence-electron chi connectivity index (χ4n) is 2.62. The Hall–Kier alpha value is -0.404. The van der Waals surface area contributed by atoms with Crippen LogP contribution in [0.25, 0.3) is 10.9 Å². The number of hydrogen-bond acceptors (Lipinski definition) is 3. The van der Waals surface area contributed by atoms with E-state index in [2.05, 4.69) is 5.10 Å². The predicted molar refractivity (Wildman–Crippen MR) is 88.7 cm³/mol. The molecule has 24 heavy (non-hydrogen) atoms. The van der Waals surface area contributed by atoms with Crippen LogP contribution in [0.15, 0.2) is 36.4 Å². The maximum Gasteiger partial charge on any atom is 1.00 e. The number of aliphatic carboxylic acids is 1. The molecule has 3 rings (SSSR count). The summed E-state index contributed by atoms with van der Waals surface area (Å²) in [5, 5.41) is 17.4. The minimum atomic E-state index is -1.11. The van der Waals surface area contributed by atoms with E-state index in [9.17, 15) is 9.90 Å². The first-order valence-electron chi connectivity index (χ1n) is 7.04. The monoisotopic (exact) mass is 386 g/mol. The maximum atomic E-state index is 10.8. The van der Waals surface area contributed by atoms with Crippen molar-refractivity contribution in [3.63, 3.8) is 0 Å². The number of nitrogens with zero attached hydrogens (tertiary/aromatic N) is 2. The van der Waals surface area contributed by atoms with Crippen molar-refractivity contribution in [1.82, 2.24) is 9.78 Å². The Balaban J connectivity index is 0.00000208. The molecular formula is C17H13Cl2KN2O2. The summed E-state index contributed by atoms with van der Waals surface area (Å²) >= 11 is 12.5. The van der Waals surface area contributed by atoms with Crippen molar-refractivity contribution in [1.29, 1.82) is 0 Å². The molecule has 0 aliphatic rings. The summed E-state index contributed by atoms with van der Waals surface area (Å²) < 4.78 is 1.79. The average Bonchev–Trinajstić information content (AvgIpc) is 2.78. The van der Waals surface area contributed by atoms with E-state index in [1.54, 1.807) is 28.9 Å². The zero-order valence-corrected chi connectivity index (χ0v) is 18.0. The van der Waals surface area contributed by atoms with Crippen molar-refractivity contribution in [2.45, 2.75) is 19.9 Å². The molecule has 0 unspecified atom stereocenters. The van der Waals surface area contributed by atoms with Crippen LogP contribution < -0.4 is 56.5 Å². The van der Waals surface area contributed by atoms with Gasteiger partial charge in [-0.25, -0.2) is 0 Å². The first kappa shape index (κ1) is 19.9. The summed E-state index contributed by atoms with van der Waals surface area (Å²) in [7, 11) is 0. The molecule has 0 N–H and O–H groups in total. The van der Waals surface area contributed by atoms with Crippen LogP contribution in [0, 0.1) is 6.92 Å². The van der Waals surface area contributed by atoms with E-state index in [0.717, 1.165) is 22.2 Å². The van der Waals surface area contributed by atoms with Gasteiger partial charge < -0.3 is 9.90 Å². The van der Waals surface area contributed by atoms with E-state index in [-0.39, 0.29) is 57.8 Å². The van der Waals surface area contributed by atoms with Crippen LogP contribution in [0.2, 0.25) is 10.0 Å². The first-order valence-corrected chi connectivity index (χ1v) is 7.80. The zero-order valence-electron chi connectivity index (χ0n) is 13.3. The summed E-state index contributed by atoms with van der Waals surface area (Å²) in [4.78, 5) is 10.8. The summed E-state index contributed by atoms with van der Waals surface area (Å²) in [6.45, 7) is 2.32. The molecule has 118 valence electrons. The van der Waals surface area contributed by atoms with Gasteiger partial charge >= 0.3 is 51.4 Å². The number of aryl methyl sites for hydroxylation is 1. The number of carbonyl (C=O) groups excluding carboxylic acids is 1. The number of carboxylic acids is 1. The number of carbonyl (C=O) groups is 1. The van der Waals surface area contributed by atoms with E-state index in [4.69, 9.17) is 23.2 Å². The number of aromatic nitrogens is 2. The standard InChI is InChI=1S/C17H14Cl2N2O2.K/c1-10-12-6-5-11(8-17(22)23)7-16(12)21(20-10)9-13-14(18)3-2-4-15(13)19;/h2-7H,8-9H2,1H3,(H,22,23);/q;+1/p-1. The fourth-order valence-corrected chi connectivity index (χ4v) is 3.13. The topological polar surface area (TPSA) is 58.0 Å². The van der Waals surface area contributed by atoms with E-state index in [1.807, 2.05) is 19.1 Å². The van der Waals surface area contributed by atoms with E-state index in [1.165, 1.54) is 0 Å². The van der Waals surface area contributed by atoms with Gasteiger partial charge in [-0.1, -0.05) is 41.4 Å². The number of rotatable bonds is 4. The Morgan fingerprint density at radius 3 is 2.50 bits per heavy atom. The Morgan fingerprint density at radius 1 is 1.21 bits per heavy atom. The van der Waals surface area contributed by atoms with Gasteiger partial charge in [0.25, 0.3) is 0 Å². The van der Waals surface area contributed by atoms with E-state index in [0.29, 0.717) is 22.2 Å². The second-order valence-electron chi connectivity index (χ2n) is 5.34. The van der Waals surface area contributed by atoms with Crippen LogP contribution in [0.1, 0.15) is 16.8 Å². The smallest absolute Gasteiger partial charge is 0.550 e. The first-order chi connectivity index (χ1) is 11.0. The van der Waals surface area contributed by atoms with Gasteiger partial charge in [0.05, 0.1) is 17.8 Å². The summed E-state index contributed by atoms with van der Waals surface area (Å²) in [6, 6.07) is 10.8. The molecule has 0 spiro atoms. The van der Waals surface area contributed by atoms with E-state index < -0.39 is 5.97 Å². The van der Waals surface area contributed by atoms with Crippen LogP contribution in [-0.2, 0) is 17.8 Å². The minimum Gasteiger partial charge on any atom is -0.550 e. The average molecular weight is 387 g/mol. The van der Waals surface area contributed by atoms with Crippen LogP contribution in [0.3, 0.4) is 0 Å². The molecule has 0 bridgehead atoms. The van der Waals surface area contributed by atoms with Gasteiger partial charge in [0.2, 0.25) is 0 Å². The van der Waals surface area contributed by atoms with Crippen molar-refractivity contribution < 1.29 is 61.3 Å². The molecule has 0 aliphatic carbocycles. The molecule has 4 nitrogen and oxygen atoms in total. The van der Waals surface area contributed by atoms with Crippen molar-refractivity contribution >= 4 is 40.1 Å². The molecule has 1 aromatic heterocycles. The van der Waals surface area contributed by atoms with Crippen LogP contribution >= 0.6 is 23.2 Å². The van der Waals surface area contributed by atoms with Gasteiger partial charge in [-0.15, -0.1) is 0 Å². The molecule has 0 saturated heterocycles. The van der Waals surface area contributed by atoms with Gasteiger partial charge in [0.1, 0.15) is 0 Å². The molecule has 2 aromatic carbocycles. The maximum absolute atomic E-state index is 10.8. The summed E-state index contributed by atoms with van der Waals surface area (Å²) in [5.74, 6) is -1.11. The van der Waals surface area contributed by atoms with Crippen molar-refractivity contribution in [3.8, 4) is 0 Å². The molecule has 7 heteroatoms. The number of benzene rings is 2. The van der Waals surface area contributed by atoms with E-state index >= 15 is 0 Å². The van der Waals surface area contributed by atoms with Crippen molar-refractivity contribution in [2.24, 2.45) is 0 Å². The third-order valence-corrected chi connectivity index (χ3v) is 4.43. The molecular weight excluding hydrogens is 374 g/mol. The SMILES string of the molecule is Cc1nn(Cc2c(Cl)cccc2Cl)c2cc(CC(=O)[O-])ccc12.[K+]. The van der Waals surface area contributed by atoms with Gasteiger partial charge in [0.15, 0.2) is 0 Å². The predicted octanol–water partition coefficient (Wildman–Crippen LogP) is -0.00378. The van der Waals surface area contributed by atoms with Crippen molar-refractivity contribution in [2.75, 3.05) is 0 Å². The summed E-state index contributed by atoms with van der Waals surface area (Å²) in [5.41, 5.74) is 3.16. The molecule has 0 atom stereocenters. The molecule has 1 heterocycles. The Labute approximate surface area is 192 Å². The number of halogens is 2. The quantitative estimate of drug-likeness (QED) is 0.592. The molecule has 0 fully saturated rings. The number of carboxylic acid groups (broad SMARTS) is 1. The Bertz CT molecular complexity index is 889. The molecule has 0 aliphatic heterocycles. The molecule has 0 saturated carbocycles. The molecule has 0 amide bonds. The van der Waals surface area contributed by atoms with Gasteiger partial charge in [-0.05, 0) is 30.7 Å². The second-order valence-corrected chi connectivity index (χ2v) is 6.16. The van der Waals surface area contributed by atoms with Gasteiger partial charge in [-0.2, -0.15) is 5.10 Å².